The molecule has 5 heteroatoms. The van der Waals surface area contributed by atoms with Crippen molar-refractivity contribution < 1.29 is 19.3 Å². The van der Waals surface area contributed by atoms with Crippen LogP contribution in [0.5, 0.6) is 11.5 Å². The summed E-state index contributed by atoms with van der Waals surface area (Å²) >= 11 is 3.37. The maximum atomic E-state index is 9.54. The fraction of sp³-hybridized carbons (Fsp3) is 0.500. The van der Waals surface area contributed by atoms with Gasteiger partial charge in [-0.25, -0.2) is 0 Å². The molecule has 0 bridgehead atoms. The van der Waals surface area contributed by atoms with Gasteiger partial charge in [-0.3, -0.25) is 0 Å². The minimum absolute atomic E-state index is 0.199. The van der Waals surface area contributed by atoms with Gasteiger partial charge in [-0.15, -0.1) is 0 Å². The second kappa shape index (κ2) is 7.53. The molecule has 96 valence electrons. The molecule has 1 aromatic carbocycles. The normalized spacial score (nSPS) is 12.2. The minimum Gasteiger partial charge on any atom is -0.497 e. The molecule has 1 unspecified atom stereocenters. The van der Waals surface area contributed by atoms with Gasteiger partial charge < -0.3 is 19.3 Å². The highest BCUT2D eigenvalue weighted by atomic mass is 79.9. The number of hydrogen-bond acceptors (Lipinski definition) is 4. The van der Waals surface area contributed by atoms with Crippen molar-refractivity contribution in [2.75, 3.05) is 26.9 Å². The first-order valence-corrected chi connectivity index (χ1v) is 6.18. The third-order valence-corrected chi connectivity index (χ3v) is 2.70. The number of halogens is 1. The van der Waals surface area contributed by atoms with E-state index in [1.54, 1.807) is 19.2 Å². The molecule has 1 rings (SSSR count). The van der Waals surface area contributed by atoms with Crippen molar-refractivity contribution in [3.63, 3.8) is 0 Å². The molecule has 0 amide bonds. The Bertz CT molecular complexity index is 343. The first-order chi connectivity index (χ1) is 8.17. The Labute approximate surface area is 110 Å². The number of benzene rings is 1. The molecule has 0 aliphatic rings. The van der Waals surface area contributed by atoms with Crippen LogP contribution >= 0.6 is 15.9 Å². The molecule has 0 spiro atoms. The van der Waals surface area contributed by atoms with E-state index in [1.807, 2.05) is 13.0 Å². The lowest BCUT2D eigenvalue weighted by Crippen LogP contribution is -2.23. The second-order valence-corrected chi connectivity index (χ2v) is 4.27. The standard InChI is InChI=1S/C12H17BrO4/c1-3-16-7-9(14)8-17-12-5-4-10(15-2)6-11(12)13/h4-6,9,14H,3,7-8H2,1-2H3. The Kier molecular flexibility index (Phi) is 6.32. The van der Waals surface area contributed by atoms with Crippen LogP contribution in [0.15, 0.2) is 22.7 Å². The molecule has 1 atom stereocenters. The van der Waals surface area contributed by atoms with Gasteiger partial charge in [0.1, 0.15) is 24.2 Å². The van der Waals surface area contributed by atoms with Gasteiger partial charge in [0.25, 0.3) is 0 Å². The maximum absolute atomic E-state index is 9.54. The first kappa shape index (κ1) is 14.3. The zero-order chi connectivity index (χ0) is 12.7. The van der Waals surface area contributed by atoms with Gasteiger partial charge in [-0.2, -0.15) is 0 Å². The molecular formula is C12H17BrO4. The summed E-state index contributed by atoms with van der Waals surface area (Å²) < 4.78 is 16.4. The van der Waals surface area contributed by atoms with E-state index < -0.39 is 6.10 Å². The number of ether oxygens (including phenoxy) is 3. The van der Waals surface area contributed by atoms with Crippen LogP contribution in [0.3, 0.4) is 0 Å². The van der Waals surface area contributed by atoms with Crippen LogP contribution < -0.4 is 9.47 Å². The van der Waals surface area contributed by atoms with Crippen molar-refractivity contribution in [3.8, 4) is 11.5 Å². The molecule has 0 saturated carbocycles. The summed E-state index contributed by atoms with van der Waals surface area (Å²) in [5.74, 6) is 1.42. The molecule has 0 saturated heterocycles. The summed E-state index contributed by atoms with van der Waals surface area (Å²) in [6, 6.07) is 5.40. The molecule has 1 N–H and O–H groups in total. The van der Waals surface area contributed by atoms with Crippen molar-refractivity contribution in [2.24, 2.45) is 0 Å². The molecular weight excluding hydrogens is 288 g/mol. The summed E-state index contributed by atoms with van der Waals surface area (Å²) in [6.07, 6.45) is -0.621. The Morgan fingerprint density at radius 1 is 1.35 bits per heavy atom. The Hall–Kier alpha value is -0.780. The van der Waals surface area contributed by atoms with Crippen LogP contribution in [0.4, 0.5) is 0 Å². The molecule has 0 fully saturated rings. The van der Waals surface area contributed by atoms with Crippen molar-refractivity contribution in [1.29, 1.82) is 0 Å². The van der Waals surface area contributed by atoms with Crippen LogP contribution in [0.1, 0.15) is 6.92 Å². The van der Waals surface area contributed by atoms with E-state index >= 15 is 0 Å². The van der Waals surface area contributed by atoms with Crippen LogP contribution in [0.2, 0.25) is 0 Å². The first-order valence-electron chi connectivity index (χ1n) is 5.39. The topological polar surface area (TPSA) is 47.9 Å². The smallest absolute Gasteiger partial charge is 0.133 e. The molecule has 4 nitrogen and oxygen atoms in total. The third kappa shape index (κ3) is 4.93. The zero-order valence-corrected chi connectivity index (χ0v) is 11.6. The van der Waals surface area contributed by atoms with Crippen molar-refractivity contribution in [1.82, 2.24) is 0 Å². The fourth-order valence-corrected chi connectivity index (χ4v) is 1.69. The highest BCUT2D eigenvalue weighted by Crippen LogP contribution is 2.29. The maximum Gasteiger partial charge on any atom is 0.133 e. The monoisotopic (exact) mass is 304 g/mol. The summed E-state index contributed by atoms with van der Waals surface area (Å²) in [7, 11) is 1.61. The highest BCUT2D eigenvalue weighted by Gasteiger charge is 2.07. The van der Waals surface area contributed by atoms with Gasteiger partial charge in [0, 0.05) is 6.61 Å². The molecule has 0 aliphatic carbocycles. The quantitative estimate of drug-likeness (QED) is 0.839. The number of aliphatic hydroxyl groups excluding tert-OH is 1. The van der Waals surface area contributed by atoms with Crippen LogP contribution in [-0.2, 0) is 4.74 Å². The van der Waals surface area contributed by atoms with Gasteiger partial charge in [-0.1, -0.05) is 0 Å². The number of methoxy groups -OCH3 is 1. The Morgan fingerprint density at radius 3 is 2.71 bits per heavy atom. The average Bonchev–Trinajstić information content (AvgIpc) is 2.34. The minimum atomic E-state index is -0.621. The van der Waals surface area contributed by atoms with Crippen LogP contribution in [-0.4, -0.2) is 38.1 Å². The number of aliphatic hydroxyl groups is 1. The van der Waals surface area contributed by atoms with Crippen LogP contribution in [0.25, 0.3) is 0 Å². The van der Waals surface area contributed by atoms with E-state index in [-0.39, 0.29) is 13.2 Å². The number of rotatable bonds is 7. The molecule has 17 heavy (non-hydrogen) atoms. The summed E-state index contributed by atoms with van der Waals surface area (Å²) in [4.78, 5) is 0. The molecule has 0 aromatic heterocycles. The summed E-state index contributed by atoms with van der Waals surface area (Å²) in [5, 5.41) is 9.54. The largest absolute Gasteiger partial charge is 0.497 e. The van der Waals surface area contributed by atoms with E-state index in [2.05, 4.69) is 15.9 Å². The fourth-order valence-electron chi connectivity index (χ4n) is 1.21. The van der Waals surface area contributed by atoms with E-state index in [1.165, 1.54) is 0 Å². The molecule has 1 aromatic rings. The predicted molar refractivity (Wildman–Crippen MR) is 68.7 cm³/mol. The Balaban J connectivity index is 2.46. The lowest BCUT2D eigenvalue weighted by molar-refractivity contribution is 0.0163. The lowest BCUT2D eigenvalue weighted by Gasteiger charge is -2.13. The van der Waals surface area contributed by atoms with Gasteiger partial charge in [0.15, 0.2) is 0 Å². The van der Waals surface area contributed by atoms with Crippen molar-refractivity contribution in [3.05, 3.63) is 22.7 Å². The second-order valence-electron chi connectivity index (χ2n) is 3.42. The molecule has 0 heterocycles. The summed E-state index contributed by atoms with van der Waals surface area (Å²) in [5.41, 5.74) is 0. The highest BCUT2D eigenvalue weighted by molar-refractivity contribution is 9.10. The lowest BCUT2D eigenvalue weighted by atomic mass is 10.3. The zero-order valence-electron chi connectivity index (χ0n) is 9.98. The van der Waals surface area contributed by atoms with Crippen molar-refractivity contribution in [2.45, 2.75) is 13.0 Å². The van der Waals surface area contributed by atoms with Gasteiger partial charge >= 0.3 is 0 Å². The van der Waals surface area contributed by atoms with Gasteiger partial charge in [-0.05, 0) is 41.1 Å². The predicted octanol–water partition coefficient (Wildman–Crippen LogP) is 2.23. The van der Waals surface area contributed by atoms with Gasteiger partial charge in [0.05, 0.1) is 18.2 Å². The third-order valence-electron chi connectivity index (χ3n) is 2.08. The van der Waals surface area contributed by atoms with Crippen LogP contribution in [0, 0.1) is 0 Å². The average molecular weight is 305 g/mol. The van der Waals surface area contributed by atoms with Crippen molar-refractivity contribution >= 4 is 15.9 Å². The number of hydrogen-bond donors (Lipinski definition) is 1. The van der Waals surface area contributed by atoms with E-state index in [4.69, 9.17) is 14.2 Å². The Morgan fingerprint density at radius 2 is 2.12 bits per heavy atom. The van der Waals surface area contributed by atoms with E-state index in [0.717, 1.165) is 10.2 Å². The SMILES string of the molecule is CCOCC(O)COc1ccc(OC)cc1Br. The van der Waals surface area contributed by atoms with E-state index in [0.29, 0.717) is 12.4 Å². The molecule has 0 aliphatic heterocycles. The molecule has 0 radical (unpaired) electrons. The summed E-state index contributed by atoms with van der Waals surface area (Å²) in [6.45, 7) is 2.95. The van der Waals surface area contributed by atoms with E-state index in [9.17, 15) is 5.11 Å². The van der Waals surface area contributed by atoms with Gasteiger partial charge in [0.2, 0.25) is 0 Å².